The van der Waals surface area contributed by atoms with Crippen molar-refractivity contribution in [3.8, 4) is 0 Å². The lowest BCUT2D eigenvalue weighted by molar-refractivity contribution is 0.259. The summed E-state index contributed by atoms with van der Waals surface area (Å²) < 4.78 is 27.1. The molecule has 1 aliphatic carbocycles. The van der Waals surface area contributed by atoms with Crippen LogP contribution in [0.1, 0.15) is 59.8 Å². The van der Waals surface area contributed by atoms with Gasteiger partial charge in [-0.05, 0) is 19.8 Å². The predicted molar refractivity (Wildman–Crippen MR) is 80.8 cm³/mol. The highest BCUT2D eigenvalue weighted by Crippen LogP contribution is 2.25. The second-order valence-corrected chi connectivity index (χ2v) is 8.22. The van der Waals surface area contributed by atoms with E-state index in [0.717, 1.165) is 25.7 Å². The van der Waals surface area contributed by atoms with Crippen LogP contribution in [0, 0.1) is 0 Å². The molecule has 0 saturated heterocycles. The molecule has 19 heavy (non-hydrogen) atoms. The van der Waals surface area contributed by atoms with Gasteiger partial charge >= 0.3 is 0 Å². The standard InChI is InChI=1S/C14H30N2O2S/c1-5-16(14-9-7-6-8-10-14)19(17,18)13(4)11-15-12(2)3/h12-15H,5-11H2,1-4H3. The summed E-state index contributed by atoms with van der Waals surface area (Å²) in [6, 6.07) is 0.549. The van der Waals surface area contributed by atoms with Crippen molar-refractivity contribution in [1.29, 1.82) is 0 Å². The van der Waals surface area contributed by atoms with Crippen LogP contribution in [0.25, 0.3) is 0 Å². The highest BCUT2D eigenvalue weighted by molar-refractivity contribution is 7.89. The Morgan fingerprint density at radius 3 is 2.21 bits per heavy atom. The molecule has 0 aromatic heterocycles. The molecule has 0 spiro atoms. The van der Waals surface area contributed by atoms with E-state index in [1.165, 1.54) is 6.42 Å². The number of hydrogen-bond donors (Lipinski definition) is 1. The third-order valence-electron chi connectivity index (χ3n) is 3.94. The molecule has 1 N–H and O–H groups in total. The maximum absolute atomic E-state index is 12.7. The molecule has 0 bridgehead atoms. The van der Waals surface area contributed by atoms with Gasteiger partial charge in [0.2, 0.25) is 10.0 Å². The van der Waals surface area contributed by atoms with Crippen molar-refractivity contribution in [2.45, 2.75) is 77.1 Å². The summed E-state index contributed by atoms with van der Waals surface area (Å²) in [5.74, 6) is 0. The van der Waals surface area contributed by atoms with Gasteiger partial charge in [-0.15, -0.1) is 0 Å². The van der Waals surface area contributed by atoms with Crippen molar-refractivity contribution in [2.75, 3.05) is 13.1 Å². The van der Waals surface area contributed by atoms with Crippen molar-refractivity contribution in [2.24, 2.45) is 0 Å². The highest BCUT2D eigenvalue weighted by atomic mass is 32.2. The summed E-state index contributed by atoms with van der Waals surface area (Å²) in [6.45, 7) is 8.98. The molecule has 0 radical (unpaired) electrons. The van der Waals surface area contributed by atoms with E-state index in [-0.39, 0.29) is 11.3 Å². The van der Waals surface area contributed by atoms with E-state index in [0.29, 0.717) is 19.1 Å². The van der Waals surface area contributed by atoms with Gasteiger partial charge in [0.05, 0.1) is 5.25 Å². The van der Waals surface area contributed by atoms with E-state index in [1.54, 1.807) is 4.31 Å². The lowest BCUT2D eigenvalue weighted by atomic mass is 9.95. The van der Waals surface area contributed by atoms with Crippen molar-refractivity contribution < 1.29 is 8.42 Å². The van der Waals surface area contributed by atoms with E-state index in [4.69, 9.17) is 0 Å². The maximum Gasteiger partial charge on any atom is 0.218 e. The normalized spacial score (nSPS) is 20.1. The summed E-state index contributed by atoms with van der Waals surface area (Å²) in [6.07, 6.45) is 5.62. The third kappa shape index (κ3) is 4.72. The number of sulfonamides is 1. The fourth-order valence-electron chi connectivity index (χ4n) is 2.75. The second-order valence-electron chi connectivity index (χ2n) is 5.91. The van der Waals surface area contributed by atoms with Crippen LogP contribution in [0.4, 0.5) is 0 Å². The Bertz CT molecular complexity index is 348. The van der Waals surface area contributed by atoms with Crippen LogP contribution in [-0.2, 0) is 10.0 Å². The molecule has 5 heteroatoms. The lowest BCUT2D eigenvalue weighted by Gasteiger charge is -2.34. The van der Waals surface area contributed by atoms with Crippen molar-refractivity contribution in [3.05, 3.63) is 0 Å². The molecular weight excluding hydrogens is 260 g/mol. The molecule has 0 aromatic rings. The first-order valence-corrected chi connectivity index (χ1v) is 9.14. The van der Waals surface area contributed by atoms with Crippen LogP contribution in [0.5, 0.6) is 0 Å². The topological polar surface area (TPSA) is 49.4 Å². The summed E-state index contributed by atoms with van der Waals surface area (Å²) in [4.78, 5) is 0. The molecular formula is C14H30N2O2S. The summed E-state index contributed by atoms with van der Waals surface area (Å²) in [7, 11) is -3.18. The minimum absolute atomic E-state index is 0.227. The fraction of sp³-hybridized carbons (Fsp3) is 1.00. The van der Waals surface area contributed by atoms with Crippen LogP contribution < -0.4 is 5.32 Å². The molecule has 0 aliphatic heterocycles. The first kappa shape index (κ1) is 16.9. The van der Waals surface area contributed by atoms with Crippen LogP contribution in [0.3, 0.4) is 0 Å². The van der Waals surface area contributed by atoms with Gasteiger partial charge in [0.25, 0.3) is 0 Å². The van der Waals surface area contributed by atoms with Crippen LogP contribution in [0.15, 0.2) is 0 Å². The van der Waals surface area contributed by atoms with Gasteiger partial charge in [0, 0.05) is 25.2 Å². The van der Waals surface area contributed by atoms with Crippen molar-refractivity contribution in [1.82, 2.24) is 9.62 Å². The molecule has 1 rings (SSSR count). The van der Waals surface area contributed by atoms with Gasteiger partial charge in [-0.3, -0.25) is 0 Å². The number of nitrogens with zero attached hydrogens (tertiary/aromatic N) is 1. The third-order valence-corrected chi connectivity index (χ3v) is 6.34. The predicted octanol–water partition coefficient (Wildman–Crippen LogP) is 2.36. The van der Waals surface area contributed by atoms with E-state index in [1.807, 2.05) is 27.7 Å². The van der Waals surface area contributed by atoms with Gasteiger partial charge in [-0.25, -0.2) is 8.42 Å². The first-order chi connectivity index (χ1) is 8.89. The number of rotatable bonds is 7. The van der Waals surface area contributed by atoms with Gasteiger partial charge in [-0.2, -0.15) is 4.31 Å². The quantitative estimate of drug-likeness (QED) is 0.783. The number of hydrogen-bond acceptors (Lipinski definition) is 3. The number of nitrogens with one attached hydrogen (secondary N) is 1. The second kappa shape index (κ2) is 7.60. The molecule has 1 aliphatic rings. The average molecular weight is 290 g/mol. The maximum atomic E-state index is 12.7. The Kier molecular flexibility index (Phi) is 6.77. The lowest BCUT2D eigenvalue weighted by Crippen LogP contribution is -2.48. The van der Waals surface area contributed by atoms with Gasteiger partial charge < -0.3 is 5.32 Å². The SMILES string of the molecule is CCN(C1CCCCC1)S(=O)(=O)C(C)CNC(C)C. The largest absolute Gasteiger partial charge is 0.313 e. The van der Waals surface area contributed by atoms with E-state index < -0.39 is 10.0 Å². The molecule has 0 aromatic carbocycles. The van der Waals surface area contributed by atoms with E-state index in [9.17, 15) is 8.42 Å². The molecule has 0 amide bonds. The zero-order valence-electron chi connectivity index (χ0n) is 12.9. The molecule has 114 valence electrons. The van der Waals surface area contributed by atoms with Crippen LogP contribution >= 0.6 is 0 Å². The molecule has 4 nitrogen and oxygen atoms in total. The highest BCUT2D eigenvalue weighted by Gasteiger charge is 2.33. The zero-order chi connectivity index (χ0) is 14.5. The molecule has 0 heterocycles. The van der Waals surface area contributed by atoms with Crippen LogP contribution in [0.2, 0.25) is 0 Å². The Balaban J connectivity index is 2.70. The van der Waals surface area contributed by atoms with E-state index in [2.05, 4.69) is 5.32 Å². The average Bonchev–Trinajstić information content (AvgIpc) is 2.37. The first-order valence-electron chi connectivity index (χ1n) is 7.63. The summed E-state index contributed by atoms with van der Waals surface area (Å²) >= 11 is 0. The Morgan fingerprint density at radius 2 is 1.74 bits per heavy atom. The summed E-state index contributed by atoms with van der Waals surface area (Å²) in [5.41, 5.74) is 0. The van der Waals surface area contributed by atoms with Gasteiger partial charge in [-0.1, -0.05) is 40.0 Å². The van der Waals surface area contributed by atoms with Crippen molar-refractivity contribution >= 4 is 10.0 Å². The van der Waals surface area contributed by atoms with Gasteiger partial charge in [0.15, 0.2) is 0 Å². The minimum atomic E-state index is -3.18. The summed E-state index contributed by atoms with van der Waals surface area (Å²) in [5, 5.41) is 2.88. The Labute approximate surface area is 119 Å². The monoisotopic (exact) mass is 290 g/mol. The zero-order valence-corrected chi connectivity index (χ0v) is 13.7. The molecule has 1 unspecified atom stereocenters. The fourth-order valence-corrected chi connectivity index (χ4v) is 4.51. The Hall–Kier alpha value is -0.130. The van der Waals surface area contributed by atoms with Crippen LogP contribution in [-0.4, -0.2) is 43.1 Å². The van der Waals surface area contributed by atoms with E-state index >= 15 is 0 Å². The smallest absolute Gasteiger partial charge is 0.218 e. The minimum Gasteiger partial charge on any atom is -0.313 e. The molecule has 1 saturated carbocycles. The Morgan fingerprint density at radius 1 is 1.16 bits per heavy atom. The molecule has 1 fully saturated rings. The molecule has 1 atom stereocenters. The van der Waals surface area contributed by atoms with Crippen molar-refractivity contribution in [3.63, 3.8) is 0 Å². The van der Waals surface area contributed by atoms with Gasteiger partial charge in [0.1, 0.15) is 0 Å².